The molecule has 6 nitrogen and oxygen atoms in total. The van der Waals surface area contributed by atoms with Crippen molar-refractivity contribution in [1.29, 1.82) is 0 Å². The minimum atomic E-state index is -1.47. The molecule has 3 fully saturated rings. The standard InChI is InChI=1S/C24H31FN2O4/c1-31-23(30)24(15-22(29)26-12-4-2-3-5-13-26)20-11-10-19(14-21(24)28)27(20)16-17-6-8-18(25)9-7-17/h6-9,19-20H,2-5,10-16H2,1H3/t19-,20+,24-/m1/s1. The number of fused-ring (bicyclic) bond motifs is 2. The summed E-state index contributed by atoms with van der Waals surface area (Å²) in [5.41, 5.74) is -0.546. The average Bonchev–Trinajstić information content (AvgIpc) is 2.94. The summed E-state index contributed by atoms with van der Waals surface area (Å²) in [4.78, 5) is 43.7. The lowest BCUT2D eigenvalue weighted by Gasteiger charge is -2.45. The van der Waals surface area contributed by atoms with E-state index in [1.165, 1.54) is 19.2 Å². The Morgan fingerprint density at radius 2 is 1.77 bits per heavy atom. The zero-order chi connectivity index (χ0) is 22.0. The zero-order valence-electron chi connectivity index (χ0n) is 18.1. The fourth-order valence-corrected chi connectivity index (χ4v) is 5.70. The van der Waals surface area contributed by atoms with Crippen LogP contribution in [0.15, 0.2) is 24.3 Å². The molecule has 3 saturated heterocycles. The van der Waals surface area contributed by atoms with Crippen molar-refractivity contribution in [2.75, 3.05) is 20.2 Å². The van der Waals surface area contributed by atoms with Crippen molar-refractivity contribution >= 4 is 17.7 Å². The van der Waals surface area contributed by atoms with Gasteiger partial charge in [-0.2, -0.15) is 0 Å². The highest BCUT2D eigenvalue weighted by atomic mass is 19.1. The first-order valence-electron chi connectivity index (χ1n) is 11.4. The van der Waals surface area contributed by atoms with Crippen molar-refractivity contribution in [2.45, 2.75) is 70.0 Å². The van der Waals surface area contributed by atoms with E-state index in [2.05, 4.69) is 4.90 Å². The molecule has 3 heterocycles. The number of likely N-dealkylation sites (tertiary alicyclic amines) is 1. The number of methoxy groups -OCH3 is 1. The summed E-state index contributed by atoms with van der Waals surface area (Å²) < 4.78 is 18.5. The van der Waals surface area contributed by atoms with E-state index in [-0.39, 0.29) is 42.4 Å². The predicted octanol–water partition coefficient (Wildman–Crippen LogP) is 3.08. The first kappa shape index (κ1) is 21.9. The highest BCUT2D eigenvalue weighted by molar-refractivity contribution is 6.08. The molecule has 2 bridgehead atoms. The lowest BCUT2D eigenvalue weighted by Crippen LogP contribution is -2.61. The molecule has 0 unspecified atom stereocenters. The molecule has 0 radical (unpaired) electrons. The van der Waals surface area contributed by atoms with Crippen LogP contribution in [0.2, 0.25) is 0 Å². The van der Waals surface area contributed by atoms with E-state index in [9.17, 15) is 18.8 Å². The maximum atomic E-state index is 13.4. The van der Waals surface area contributed by atoms with E-state index in [1.807, 2.05) is 4.90 Å². The largest absolute Gasteiger partial charge is 0.468 e. The number of esters is 1. The smallest absolute Gasteiger partial charge is 0.321 e. The summed E-state index contributed by atoms with van der Waals surface area (Å²) in [6.07, 6.45) is 5.67. The molecule has 7 heteroatoms. The average molecular weight is 431 g/mol. The molecule has 3 atom stereocenters. The SMILES string of the molecule is COC(=O)[C@@]1(CC(=O)N2CCCCCC2)C(=O)C[C@H]2CC[C@@H]1N2Cc1ccc(F)cc1. The maximum Gasteiger partial charge on any atom is 0.321 e. The lowest BCUT2D eigenvalue weighted by atomic mass is 9.69. The second-order valence-corrected chi connectivity index (χ2v) is 9.11. The number of Topliss-reactive ketones (excluding diaryl/α,β-unsaturated/α-hetero) is 1. The lowest BCUT2D eigenvalue weighted by molar-refractivity contribution is -0.171. The third-order valence-electron chi connectivity index (χ3n) is 7.35. The van der Waals surface area contributed by atoms with Crippen LogP contribution in [0.25, 0.3) is 0 Å². The van der Waals surface area contributed by atoms with Gasteiger partial charge in [0.1, 0.15) is 5.82 Å². The number of amides is 1. The van der Waals surface area contributed by atoms with Gasteiger partial charge in [-0.3, -0.25) is 19.3 Å². The van der Waals surface area contributed by atoms with Crippen LogP contribution in [0, 0.1) is 11.2 Å². The molecule has 0 spiro atoms. The van der Waals surface area contributed by atoms with E-state index in [0.29, 0.717) is 26.1 Å². The van der Waals surface area contributed by atoms with Crippen LogP contribution in [-0.4, -0.2) is 59.7 Å². The second kappa shape index (κ2) is 9.07. The maximum absolute atomic E-state index is 13.4. The summed E-state index contributed by atoms with van der Waals surface area (Å²) in [6, 6.07) is 5.95. The van der Waals surface area contributed by atoms with Crippen molar-refractivity contribution in [3.8, 4) is 0 Å². The number of benzene rings is 1. The fourth-order valence-electron chi connectivity index (χ4n) is 5.70. The van der Waals surface area contributed by atoms with Gasteiger partial charge in [-0.1, -0.05) is 25.0 Å². The molecular formula is C24H31FN2O4. The van der Waals surface area contributed by atoms with Crippen LogP contribution in [0.1, 0.15) is 56.9 Å². The van der Waals surface area contributed by atoms with E-state index >= 15 is 0 Å². The van der Waals surface area contributed by atoms with Gasteiger partial charge in [0, 0.05) is 38.1 Å². The van der Waals surface area contributed by atoms with Crippen molar-refractivity contribution in [3.63, 3.8) is 0 Å². The van der Waals surface area contributed by atoms with Crippen LogP contribution in [0.3, 0.4) is 0 Å². The Balaban J connectivity index is 1.63. The van der Waals surface area contributed by atoms with Crippen molar-refractivity contribution < 1.29 is 23.5 Å². The first-order chi connectivity index (χ1) is 15.0. The van der Waals surface area contributed by atoms with Crippen molar-refractivity contribution in [2.24, 2.45) is 5.41 Å². The summed E-state index contributed by atoms with van der Waals surface area (Å²) in [5, 5.41) is 0. The molecule has 3 aliphatic heterocycles. The summed E-state index contributed by atoms with van der Waals surface area (Å²) >= 11 is 0. The summed E-state index contributed by atoms with van der Waals surface area (Å²) in [7, 11) is 1.29. The molecule has 0 aromatic heterocycles. The van der Waals surface area contributed by atoms with Gasteiger partial charge in [0.2, 0.25) is 5.91 Å². The molecule has 0 N–H and O–H groups in total. The number of piperidine rings is 1. The molecule has 4 rings (SSSR count). The number of ether oxygens (including phenoxy) is 1. The van der Waals surface area contributed by atoms with E-state index < -0.39 is 11.4 Å². The third kappa shape index (κ3) is 4.12. The molecule has 1 aromatic rings. The van der Waals surface area contributed by atoms with Gasteiger partial charge in [-0.15, -0.1) is 0 Å². The van der Waals surface area contributed by atoms with Crippen LogP contribution in [0.4, 0.5) is 4.39 Å². The van der Waals surface area contributed by atoms with Gasteiger partial charge < -0.3 is 9.64 Å². The monoisotopic (exact) mass is 430 g/mol. The van der Waals surface area contributed by atoms with Crippen LogP contribution in [-0.2, 0) is 25.7 Å². The minimum Gasteiger partial charge on any atom is -0.468 e. The van der Waals surface area contributed by atoms with Gasteiger partial charge >= 0.3 is 5.97 Å². The number of carbonyl (C=O) groups excluding carboxylic acids is 3. The van der Waals surface area contributed by atoms with Crippen LogP contribution in [0.5, 0.6) is 0 Å². The normalized spacial score (nSPS) is 29.0. The fraction of sp³-hybridized carbons (Fsp3) is 0.625. The number of nitrogens with zero attached hydrogens (tertiary/aromatic N) is 2. The first-order valence-corrected chi connectivity index (χ1v) is 11.4. The summed E-state index contributed by atoms with van der Waals surface area (Å²) in [5.74, 6) is -1.21. The number of ketones is 1. The van der Waals surface area contributed by atoms with E-state index in [0.717, 1.165) is 37.7 Å². The molecule has 31 heavy (non-hydrogen) atoms. The van der Waals surface area contributed by atoms with Crippen molar-refractivity contribution in [1.82, 2.24) is 9.80 Å². The Morgan fingerprint density at radius 3 is 2.42 bits per heavy atom. The topological polar surface area (TPSA) is 66.9 Å². The Labute approximate surface area is 182 Å². The Morgan fingerprint density at radius 1 is 1.10 bits per heavy atom. The Bertz CT molecular complexity index is 834. The summed E-state index contributed by atoms with van der Waals surface area (Å²) in [6.45, 7) is 1.87. The quantitative estimate of drug-likeness (QED) is 0.531. The van der Waals surface area contributed by atoms with Gasteiger partial charge in [0.25, 0.3) is 0 Å². The molecule has 1 aromatic carbocycles. The van der Waals surface area contributed by atoms with Crippen LogP contribution < -0.4 is 0 Å². The van der Waals surface area contributed by atoms with E-state index in [1.54, 1.807) is 12.1 Å². The highest BCUT2D eigenvalue weighted by Gasteiger charge is 2.62. The number of rotatable bonds is 5. The molecule has 168 valence electrons. The third-order valence-corrected chi connectivity index (χ3v) is 7.35. The highest BCUT2D eigenvalue weighted by Crippen LogP contribution is 2.48. The van der Waals surface area contributed by atoms with Crippen LogP contribution >= 0.6 is 0 Å². The number of carbonyl (C=O) groups is 3. The minimum absolute atomic E-state index is 0.0358. The molecule has 0 aliphatic carbocycles. The molecule has 1 amide bonds. The Kier molecular flexibility index (Phi) is 6.42. The Hall–Kier alpha value is -2.28. The number of hydrogen-bond donors (Lipinski definition) is 0. The van der Waals surface area contributed by atoms with Gasteiger partial charge in [0.05, 0.1) is 13.5 Å². The predicted molar refractivity (Wildman–Crippen MR) is 112 cm³/mol. The molecular weight excluding hydrogens is 399 g/mol. The van der Waals surface area contributed by atoms with Gasteiger partial charge in [-0.05, 0) is 43.4 Å². The number of hydrogen-bond acceptors (Lipinski definition) is 5. The second-order valence-electron chi connectivity index (χ2n) is 9.11. The van der Waals surface area contributed by atoms with E-state index in [4.69, 9.17) is 4.74 Å². The molecule has 0 saturated carbocycles. The van der Waals surface area contributed by atoms with Gasteiger partial charge in [-0.25, -0.2) is 4.39 Å². The number of halogens is 1. The zero-order valence-corrected chi connectivity index (χ0v) is 18.1. The molecule has 3 aliphatic rings. The van der Waals surface area contributed by atoms with Gasteiger partial charge in [0.15, 0.2) is 11.2 Å². The van der Waals surface area contributed by atoms with Crippen molar-refractivity contribution in [3.05, 3.63) is 35.6 Å².